The summed E-state index contributed by atoms with van der Waals surface area (Å²) in [6, 6.07) is 25.3. The Morgan fingerprint density at radius 2 is 1.63 bits per heavy atom. The number of rotatable bonds is 5. The molecule has 1 aromatic heterocycles. The van der Waals surface area contributed by atoms with E-state index in [2.05, 4.69) is 10.4 Å². The van der Waals surface area contributed by atoms with Crippen LogP contribution in [0.4, 0.5) is 4.39 Å². The van der Waals surface area contributed by atoms with Crippen molar-refractivity contribution in [1.29, 1.82) is 0 Å². The van der Waals surface area contributed by atoms with Crippen LogP contribution in [0.1, 0.15) is 34.6 Å². The van der Waals surface area contributed by atoms with Gasteiger partial charge in [-0.1, -0.05) is 48.0 Å². The Labute approximate surface area is 175 Å². The van der Waals surface area contributed by atoms with E-state index in [0.717, 1.165) is 22.4 Å². The predicted octanol–water partition coefficient (Wildman–Crippen LogP) is 5.48. The molecule has 4 nitrogen and oxygen atoms in total. The van der Waals surface area contributed by atoms with E-state index < -0.39 is 0 Å². The smallest absolute Gasteiger partial charge is 0.270 e. The molecule has 0 bridgehead atoms. The second-order valence-corrected chi connectivity index (χ2v) is 7.27. The van der Waals surface area contributed by atoms with Crippen LogP contribution in [0.25, 0.3) is 16.9 Å². The Hall–Kier alpha value is -3.73. The number of carbonyl (C=O) groups is 1. The first-order valence-electron chi connectivity index (χ1n) is 9.80. The first-order valence-corrected chi connectivity index (χ1v) is 9.80. The minimum absolute atomic E-state index is 0.158. The van der Waals surface area contributed by atoms with Gasteiger partial charge >= 0.3 is 0 Å². The molecule has 0 saturated carbocycles. The molecule has 1 unspecified atom stereocenters. The van der Waals surface area contributed by atoms with Gasteiger partial charge in [-0.05, 0) is 61.9 Å². The summed E-state index contributed by atoms with van der Waals surface area (Å²) >= 11 is 0. The average Bonchev–Trinajstić information content (AvgIpc) is 3.21. The van der Waals surface area contributed by atoms with E-state index in [1.165, 1.54) is 12.1 Å². The van der Waals surface area contributed by atoms with Crippen LogP contribution in [0.3, 0.4) is 0 Å². The highest BCUT2D eigenvalue weighted by Gasteiger charge is 2.19. The Bertz CT molecular complexity index is 1150. The summed E-state index contributed by atoms with van der Waals surface area (Å²) in [5.41, 5.74) is 4.69. The number of nitrogens with one attached hydrogen (secondary N) is 1. The molecule has 1 atom stereocenters. The van der Waals surface area contributed by atoms with Gasteiger partial charge < -0.3 is 5.32 Å². The topological polar surface area (TPSA) is 46.9 Å². The lowest BCUT2D eigenvalue weighted by Crippen LogP contribution is -2.28. The van der Waals surface area contributed by atoms with E-state index in [-0.39, 0.29) is 17.8 Å². The van der Waals surface area contributed by atoms with Crippen molar-refractivity contribution in [2.75, 3.05) is 0 Å². The Morgan fingerprint density at radius 3 is 2.30 bits per heavy atom. The fourth-order valence-corrected chi connectivity index (χ4v) is 3.28. The normalized spacial score (nSPS) is 11.8. The lowest BCUT2D eigenvalue weighted by Gasteiger charge is -2.15. The van der Waals surface area contributed by atoms with E-state index in [9.17, 15) is 9.18 Å². The first-order chi connectivity index (χ1) is 14.5. The molecule has 150 valence electrons. The number of hydrogen-bond donors (Lipinski definition) is 1. The van der Waals surface area contributed by atoms with Crippen molar-refractivity contribution in [3.63, 3.8) is 0 Å². The standard InChI is InChI=1S/C25H22FN3O/c1-17-8-14-22(15-9-17)29-24(16-23(28-29)20-10-12-21(26)13-11-20)25(30)27-18(2)19-6-4-3-5-7-19/h3-16,18H,1-2H3,(H,27,30). The molecule has 0 radical (unpaired) electrons. The number of aromatic nitrogens is 2. The summed E-state index contributed by atoms with van der Waals surface area (Å²) in [4.78, 5) is 13.2. The van der Waals surface area contributed by atoms with Crippen LogP contribution < -0.4 is 5.32 Å². The number of carbonyl (C=O) groups excluding carboxylic acids is 1. The molecule has 1 amide bonds. The molecule has 0 spiro atoms. The van der Waals surface area contributed by atoms with Crippen molar-refractivity contribution in [3.8, 4) is 16.9 Å². The third-order valence-electron chi connectivity index (χ3n) is 5.01. The number of amides is 1. The van der Waals surface area contributed by atoms with Crippen LogP contribution in [0.15, 0.2) is 84.9 Å². The third-order valence-corrected chi connectivity index (χ3v) is 5.01. The van der Waals surface area contributed by atoms with Crippen LogP contribution in [0, 0.1) is 12.7 Å². The predicted molar refractivity (Wildman–Crippen MR) is 116 cm³/mol. The largest absolute Gasteiger partial charge is 0.344 e. The fourth-order valence-electron chi connectivity index (χ4n) is 3.28. The molecule has 0 fully saturated rings. The zero-order chi connectivity index (χ0) is 21.1. The highest BCUT2D eigenvalue weighted by molar-refractivity contribution is 5.94. The van der Waals surface area contributed by atoms with Crippen molar-refractivity contribution in [3.05, 3.63) is 108 Å². The quantitative estimate of drug-likeness (QED) is 0.483. The van der Waals surface area contributed by atoms with Crippen molar-refractivity contribution in [1.82, 2.24) is 15.1 Å². The van der Waals surface area contributed by atoms with E-state index >= 15 is 0 Å². The minimum Gasteiger partial charge on any atom is -0.344 e. The van der Waals surface area contributed by atoms with Crippen molar-refractivity contribution in [2.45, 2.75) is 19.9 Å². The summed E-state index contributed by atoms with van der Waals surface area (Å²) in [6.07, 6.45) is 0. The van der Waals surface area contributed by atoms with Gasteiger partial charge in [-0.25, -0.2) is 9.07 Å². The van der Waals surface area contributed by atoms with Gasteiger partial charge in [-0.3, -0.25) is 4.79 Å². The van der Waals surface area contributed by atoms with E-state index in [1.54, 1.807) is 22.9 Å². The number of benzene rings is 3. The van der Waals surface area contributed by atoms with Gasteiger partial charge in [-0.15, -0.1) is 0 Å². The summed E-state index contributed by atoms with van der Waals surface area (Å²) in [5, 5.41) is 7.69. The van der Waals surface area contributed by atoms with Gasteiger partial charge in [0.25, 0.3) is 5.91 Å². The lowest BCUT2D eigenvalue weighted by atomic mass is 10.1. The molecule has 3 aromatic carbocycles. The number of halogens is 1. The summed E-state index contributed by atoms with van der Waals surface area (Å²) < 4.78 is 15.0. The second kappa shape index (κ2) is 8.33. The Kier molecular flexibility index (Phi) is 5.44. The molecule has 0 aliphatic rings. The van der Waals surface area contributed by atoms with Gasteiger partial charge in [0.05, 0.1) is 17.4 Å². The maximum atomic E-state index is 13.3. The van der Waals surface area contributed by atoms with E-state index in [1.807, 2.05) is 68.4 Å². The zero-order valence-electron chi connectivity index (χ0n) is 16.8. The first kappa shape index (κ1) is 19.6. The van der Waals surface area contributed by atoms with Gasteiger partial charge in [-0.2, -0.15) is 5.10 Å². The van der Waals surface area contributed by atoms with Gasteiger partial charge in [0.2, 0.25) is 0 Å². The summed E-state index contributed by atoms with van der Waals surface area (Å²) in [7, 11) is 0. The Morgan fingerprint density at radius 1 is 0.967 bits per heavy atom. The van der Waals surface area contributed by atoms with Gasteiger partial charge in [0.15, 0.2) is 0 Å². The summed E-state index contributed by atoms with van der Waals surface area (Å²) in [6.45, 7) is 3.95. The molecule has 30 heavy (non-hydrogen) atoms. The number of aryl methyl sites for hydroxylation is 1. The second-order valence-electron chi connectivity index (χ2n) is 7.27. The minimum atomic E-state index is -0.314. The fraction of sp³-hybridized carbons (Fsp3) is 0.120. The molecule has 4 rings (SSSR count). The molecular formula is C25H22FN3O. The molecule has 4 aromatic rings. The lowest BCUT2D eigenvalue weighted by molar-refractivity contribution is 0.0932. The van der Waals surface area contributed by atoms with E-state index in [0.29, 0.717) is 11.4 Å². The molecule has 0 aliphatic carbocycles. The molecule has 5 heteroatoms. The molecule has 1 heterocycles. The molecule has 1 N–H and O–H groups in total. The van der Waals surface area contributed by atoms with Crippen molar-refractivity contribution >= 4 is 5.91 Å². The number of nitrogens with zero attached hydrogens (tertiary/aromatic N) is 2. The van der Waals surface area contributed by atoms with Crippen LogP contribution in [-0.2, 0) is 0 Å². The highest BCUT2D eigenvalue weighted by atomic mass is 19.1. The van der Waals surface area contributed by atoms with Crippen LogP contribution >= 0.6 is 0 Å². The molecule has 0 aliphatic heterocycles. The molecule has 0 saturated heterocycles. The maximum Gasteiger partial charge on any atom is 0.270 e. The highest BCUT2D eigenvalue weighted by Crippen LogP contribution is 2.23. The van der Waals surface area contributed by atoms with Gasteiger partial charge in [0, 0.05) is 5.56 Å². The molecular weight excluding hydrogens is 377 g/mol. The average molecular weight is 399 g/mol. The SMILES string of the molecule is Cc1ccc(-n2nc(-c3ccc(F)cc3)cc2C(=O)NC(C)c2ccccc2)cc1. The monoisotopic (exact) mass is 399 g/mol. The number of hydrogen-bond acceptors (Lipinski definition) is 2. The van der Waals surface area contributed by atoms with Crippen molar-refractivity contribution < 1.29 is 9.18 Å². The maximum absolute atomic E-state index is 13.3. The van der Waals surface area contributed by atoms with Crippen LogP contribution in [0.5, 0.6) is 0 Å². The zero-order valence-corrected chi connectivity index (χ0v) is 16.8. The van der Waals surface area contributed by atoms with Crippen LogP contribution in [0.2, 0.25) is 0 Å². The Balaban J connectivity index is 1.71. The van der Waals surface area contributed by atoms with E-state index in [4.69, 9.17) is 0 Å². The third kappa shape index (κ3) is 4.15. The summed E-state index contributed by atoms with van der Waals surface area (Å²) in [5.74, 6) is -0.542. The van der Waals surface area contributed by atoms with Crippen LogP contribution in [-0.4, -0.2) is 15.7 Å². The van der Waals surface area contributed by atoms with Crippen molar-refractivity contribution in [2.24, 2.45) is 0 Å². The van der Waals surface area contributed by atoms with Gasteiger partial charge in [0.1, 0.15) is 11.5 Å².